The van der Waals surface area contributed by atoms with Gasteiger partial charge in [-0.15, -0.1) is 0 Å². The fourth-order valence-corrected chi connectivity index (χ4v) is 2.45. The highest BCUT2D eigenvalue weighted by Crippen LogP contribution is 2.12. The molecule has 0 spiro atoms. The van der Waals surface area contributed by atoms with Crippen molar-refractivity contribution in [3.05, 3.63) is 58.0 Å². The first-order valence-electron chi connectivity index (χ1n) is 7.30. The van der Waals surface area contributed by atoms with Crippen LogP contribution < -0.4 is 16.6 Å². The van der Waals surface area contributed by atoms with E-state index in [-0.39, 0.29) is 17.3 Å². The summed E-state index contributed by atoms with van der Waals surface area (Å²) in [7, 11) is 0. The van der Waals surface area contributed by atoms with E-state index in [1.165, 1.54) is 0 Å². The first kappa shape index (κ1) is 15.0. The lowest BCUT2D eigenvalue weighted by molar-refractivity contribution is 0.0982. The summed E-state index contributed by atoms with van der Waals surface area (Å²) < 4.78 is 0. The van der Waals surface area contributed by atoms with E-state index in [9.17, 15) is 9.59 Å². The van der Waals surface area contributed by atoms with Gasteiger partial charge in [0.25, 0.3) is 5.56 Å². The fourth-order valence-electron chi connectivity index (χ4n) is 2.45. The van der Waals surface area contributed by atoms with Gasteiger partial charge in [-0.05, 0) is 5.56 Å². The monoisotopic (exact) mass is 311 g/mol. The van der Waals surface area contributed by atoms with Crippen molar-refractivity contribution < 1.29 is 4.79 Å². The van der Waals surface area contributed by atoms with Crippen LogP contribution in [0.25, 0.3) is 11.0 Å². The normalized spacial score (nSPS) is 11.0. The Morgan fingerprint density at radius 3 is 2.83 bits per heavy atom. The summed E-state index contributed by atoms with van der Waals surface area (Å²) in [6.07, 6.45) is 2.12. The SMILES string of the molecule is Nc1nc2[nH]cc(CNCCC(=O)c3ccccc3)c2c(=O)[nH]1. The standard InChI is InChI=1S/C16H17N5O2/c17-16-20-14-13(15(23)21-16)11(9-19-14)8-18-7-6-12(22)10-4-2-1-3-5-10/h1-5,9,18H,6-8H2,(H4,17,19,20,21,23). The maximum atomic E-state index is 12.0. The van der Waals surface area contributed by atoms with Crippen LogP contribution in [0.4, 0.5) is 5.95 Å². The fraction of sp³-hybridized carbons (Fsp3) is 0.188. The second kappa shape index (κ2) is 6.45. The molecular weight excluding hydrogens is 294 g/mol. The lowest BCUT2D eigenvalue weighted by Crippen LogP contribution is -2.19. The number of fused-ring (bicyclic) bond motifs is 1. The lowest BCUT2D eigenvalue weighted by atomic mass is 10.1. The van der Waals surface area contributed by atoms with Gasteiger partial charge in [0.15, 0.2) is 5.78 Å². The van der Waals surface area contributed by atoms with E-state index in [4.69, 9.17) is 5.73 Å². The van der Waals surface area contributed by atoms with Crippen LogP contribution in [0.3, 0.4) is 0 Å². The number of rotatable bonds is 6. The summed E-state index contributed by atoms with van der Waals surface area (Å²) in [5.41, 5.74) is 7.19. The number of carbonyl (C=O) groups is 1. The van der Waals surface area contributed by atoms with Crippen molar-refractivity contribution in [1.82, 2.24) is 20.3 Å². The molecule has 0 saturated carbocycles. The predicted molar refractivity (Wildman–Crippen MR) is 88.2 cm³/mol. The summed E-state index contributed by atoms with van der Waals surface area (Å²) in [6, 6.07) is 9.18. The highest BCUT2D eigenvalue weighted by atomic mass is 16.1. The molecule has 0 unspecified atom stereocenters. The van der Waals surface area contributed by atoms with Gasteiger partial charge in [0, 0.05) is 31.3 Å². The van der Waals surface area contributed by atoms with E-state index < -0.39 is 0 Å². The van der Waals surface area contributed by atoms with Gasteiger partial charge >= 0.3 is 0 Å². The summed E-state index contributed by atoms with van der Waals surface area (Å²) in [5, 5.41) is 3.66. The van der Waals surface area contributed by atoms with Gasteiger partial charge in [0.2, 0.25) is 5.95 Å². The number of nitrogens with two attached hydrogens (primary N) is 1. The summed E-state index contributed by atoms with van der Waals surface area (Å²) >= 11 is 0. The Kier molecular flexibility index (Phi) is 4.20. The van der Waals surface area contributed by atoms with Crippen LogP contribution in [0.5, 0.6) is 0 Å². The van der Waals surface area contributed by atoms with E-state index in [2.05, 4.69) is 20.3 Å². The molecule has 0 amide bonds. The number of ketones is 1. The molecule has 23 heavy (non-hydrogen) atoms. The third kappa shape index (κ3) is 3.29. The van der Waals surface area contributed by atoms with Crippen LogP contribution in [0, 0.1) is 0 Å². The molecule has 118 valence electrons. The molecule has 5 N–H and O–H groups in total. The number of benzene rings is 1. The number of carbonyl (C=O) groups excluding carboxylic acids is 1. The number of anilines is 1. The largest absolute Gasteiger partial charge is 0.369 e. The van der Waals surface area contributed by atoms with E-state index in [1.807, 2.05) is 18.2 Å². The Balaban J connectivity index is 1.59. The highest BCUT2D eigenvalue weighted by molar-refractivity contribution is 5.96. The number of Topliss-reactive ketones (excluding diaryl/α,β-unsaturated/α-hetero) is 1. The number of hydrogen-bond acceptors (Lipinski definition) is 5. The zero-order valence-corrected chi connectivity index (χ0v) is 12.4. The predicted octanol–water partition coefficient (Wildman–Crippen LogP) is 1.20. The number of nitrogens with zero attached hydrogens (tertiary/aromatic N) is 1. The Labute approximate surface area is 131 Å². The molecule has 1 aromatic carbocycles. The van der Waals surface area contributed by atoms with Crippen molar-refractivity contribution >= 4 is 22.8 Å². The molecule has 7 nitrogen and oxygen atoms in total. The average Bonchev–Trinajstić information content (AvgIpc) is 2.95. The van der Waals surface area contributed by atoms with Crippen molar-refractivity contribution in [3.63, 3.8) is 0 Å². The van der Waals surface area contributed by atoms with Gasteiger partial charge in [-0.3, -0.25) is 14.6 Å². The number of hydrogen-bond donors (Lipinski definition) is 4. The Hall–Kier alpha value is -2.93. The maximum Gasteiger partial charge on any atom is 0.262 e. The van der Waals surface area contributed by atoms with Gasteiger partial charge in [0.1, 0.15) is 5.65 Å². The van der Waals surface area contributed by atoms with Crippen LogP contribution in [-0.2, 0) is 6.54 Å². The van der Waals surface area contributed by atoms with Crippen molar-refractivity contribution in [1.29, 1.82) is 0 Å². The third-order valence-corrected chi connectivity index (χ3v) is 3.58. The summed E-state index contributed by atoms with van der Waals surface area (Å²) in [5.74, 6) is 0.168. The van der Waals surface area contributed by atoms with Crippen LogP contribution in [0.15, 0.2) is 41.3 Å². The van der Waals surface area contributed by atoms with Crippen molar-refractivity contribution in [2.45, 2.75) is 13.0 Å². The molecule has 0 saturated heterocycles. The molecule has 0 aliphatic heterocycles. The summed E-state index contributed by atoms with van der Waals surface area (Å²) in [4.78, 5) is 33.4. The maximum absolute atomic E-state index is 12.0. The van der Waals surface area contributed by atoms with Gasteiger partial charge in [0.05, 0.1) is 5.39 Å². The molecule has 3 rings (SSSR count). The number of nitrogen functional groups attached to an aromatic ring is 1. The first-order chi connectivity index (χ1) is 11.1. The minimum absolute atomic E-state index is 0.0808. The zero-order valence-electron chi connectivity index (χ0n) is 12.4. The topological polar surface area (TPSA) is 117 Å². The molecule has 0 fully saturated rings. The third-order valence-electron chi connectivity index (χ3n) is 3.58. The number of aromatic amines is 2. The van der Waals surface area contributed by atoms with Gasteiger partial charge in [-0.1, -0.05) is 30.3 Å². The van der Waals surface area contributed by atoms with E-state index in [1.54, 1.807) is 18.3 Å². The van der Waals surface area contributed by atoms with Crippen molar-refractivity contribution in [3.8, 4) is 0 Å². The smallest absolute Gasteiger partial charge is 0.262 e. The molecule has 0 atom stereocenters. The molecule has 0 aliphatic carbocycles. The second-order valence-corrected chi connectivity index (χ2v) is 5.20. The molecule has 0 bridgehead atoms. The minimum atomic E-state index is -0.272. The molecule has 2 aromatic heterocycles. The first-order valence-corrected chi connectivity index (χ1v) is 7.30. The van der Waals surface area contributed by atoms with Crippen molar-refractivity contribution in [2.24, 2.45) is 0 Å². The zero-order chi connectivity index (χ0) is 16.2. The number of aromatic nitrogens is 3. The molecule has 3 aromatic rings. The molecule has 2 heterocycles. The van der Waals surface area contributed by atoms with E-state index in [0.717, 1.165) is 5.56 Å². The van der Waals surface area contributed by atoms with Crippen LogP contribution in [0.1, 0.15) is 22.3 Å². The van der Waals surface area contributed by atoms with Crippen LogP contribution in [0.2, 0.25) is 0 Å². The Morgan fingerprint density at radius 1 is 1.26 bits per heavy atom. The van der Waals surface area contributed by atoms with Gasteiger partial charge in [-0.25, -0.2) is 0 Å². The van der Waals surface area contributed by atoms with Crippen molar-refractivity contribution in [2.75, 3.05) is 12.3 Å². The van der Waals surface area contributed by atoms with Crippen LogP contribution >= 0.6 is 0 Å². The second-order valence-electron chi connectivity index (χ2n) is 5.20. The van der Waals surface area contributed by atoms with Gasteiger partial charge in [-0.2, -0.15) is 4.98 Å². The number of H-pyrrole nitrogens is 2. The van der Waals surface area contributed by atoms with E-state index >= 15 is 0 Å². The highest BCUT2D eigenvalue weighted by Gasteiger charge is 2.10. The number of nitrogens with one attached hydrogen (secondary N) is 3. The minimum Gasteiger partial charge on any atom is -0.369 e. The Morgan fingerprint density at radius 2 is 2.04 bits per heavy atom. The average molecular weight is 311 g/mol. The quantitative estimate of drug-likeness (QED) is 0.403. The van der Waals surface area contributed by atoms with Gasteiger partial charge < -0.3 is 16.0 Å². The molecule has 7 heteroatoms. The molecule has 0 aliphatic rings. The molecule has 0 radical (unpaired) electrons. The van der Waals surface area contributed by atoms with Crippen LogP contribution in [-0.4, -0.2) is 27.3 Å². The van der Waals surface area contributed by atoms with E-state index in [0.29, 0.717) is 36.1 Å². The lowest BCUT2D eigenvalue weighted by Gasteiger charge is -2.04. The summed E-state index contributed by atoms with van der Waals surface area (Å²) in [6.45, 7) is 0.997. The Bertz CT molecular complexity index is 882. The molecular formula is C16H17N5O2.